The number of aryl methyl sites for hydroxylation is 1. The molecule has 0 aromatic heterocycles. The first-order chi connectivity index (χ1) is 12.9. The van der Waals surface area contributed by atoms with Gasteiger partial charge in [0.2, 0.25) is 5.91 Å². The summed E-state index contributed by atoms with van der Waals surface area (Å²) in [5, 5.41) is 9.26. The van der Waals surface area contributed by atoms with Gasteiger partial charge in [0.05, 0.1) is 19.2 Å². The molecule has 27 heavy (non-hydrogen) atoms. The number of nitrogens with one attached hydrogen (secondary N) is 3. The van der Waals surface area contributed by atoms with Crippen molar-refractivity contribution in [1.29, 1.82) is 0 Å². The Labute approximate surface area is 158 Å². The number of hydrogen-bond acceptors (Lipinski definition) is 5. The highest BCUT2D eigenvalue weighted by Crippen LogP contribution is 2.25. The lowest BCUT2D eigenvalue weighted by Crippen LogP contribution is -2.35. The summed E-state index contributed by atoms with van der Waals surface area (Å²) in [4.78, 5) is 35.9. The average molecular weight is 374 g/mol. The molecule has 1 aromatic rings. The Hall–Kier alpha value is -2.90. The van der Waals surface area contributed by atoms with Crippen LogP contribution < -0.4 is 20.8 Å². The predicted molar refractivity (Wildman–Crippen MR) is 103 cm³/mol. The second-order valence-electron chi connectivity index (χ2n) is 6.67. The van der Waals surface area contributed by atoms with Crippen molar-refractivity contribution in [3.8, 4) is 5.75 Å². The Kier molecular flexibility index (Phi) is 7.34. The fraction of sp³-hybridized carbons (Fsp3) is 0.474. The van der Waals surface area contributed by atoms with E-state index in [2.05, 4.69) is 21.2 Å². The number of hydrazone groups is 1. The molecule has 2 rings (SSSR count). The Bertz CT molecular complexity index is 739. The van der Waals surface area contributed by atoms with E-state index in [0.29, 0.717) is 17.1 Å². The van der Waals surface area contributed by atoms with Crippen molar-refractivity contribution in [3.05, 3.63) is 23.8 Å². The van der Waals surface area contributed by atoms with Gasteiger partial charge in [0.25, 0.3) is 0 Å². The van der Waals surface area contributed by atoms with Crippen LogP contribution in [-0.4, -0.2) is 36.6 Å². The fourth-order valence-electron chi connectivity index (χ4n) is 2.92. The smallest absolute Gasteiger partial charge is 0.329 e. The van der Waals surface area contributed by atoms with E-state index in [1.165, 1.54) is 7.11 Å². The zero-order valence-electron chi connectivity index (χ0n) is 15.9. The molecule has 1 aromatic carbocycles. The second kappa shape index (κ2) is 9.70. The molecule has 0 spiro atoms. The van der Waals surface area contributed by atoms with Crippen LogP contribution in [0.3, 0.4) is 0 Å². The third kappa shape index (κ3) is 6.40. The number of carbonyl (C=O) groups excluding carboxylic acids is 3. The van der Waals surface area contributed by atoms with Gasteiger partial charge in [-0.2, -0.15) is 5.10 Å². The summed E-state index contributed by atoms with van der Waals surface area (Å²) < 4.78 is 5.16. The Morgan fingerprint density at radius 3 is 2.56 bits per heavy atom. The maximum atomic E-state index is 12.0. The van der Waals surface area contributed by atoms with Crippen LogP contribution in [0.15, 0.2) is 23.3 Å². The standard InChI is InChI=1S/C19H26N4O4/c1-12-8-9-16(27-3)15(10-12)21-18(25)19(26)23-22-13(2)11-17(24)20-14-6-4-5-7-14/h8-10,14H,4-7,11H2,1-3H3,(H,20,24)(H,21,25)(H,23,26)/b22-13-. The van der Waals surface area contributed by atoms with Gasteiger partial charge >= 0.3 is 11.8 Å². The molecule has 3 amide bonds. The van der Waals surface area contributed by atoms with E-state index >= 15 is 0 Å². The van der Waals surface area contributed by atoms with Gasteiger partial charge < -0.3 is 15.4 Å². The van der Waals surface area contributed by atoms with E-state index in [9.17, 15) is 14.4 Å². The van der Waals surface area contributed by atoms with Crippen LogP contribution in [0.4, 0.5) is 5.69 Å². The largest absolute Gasteiger partial charge is 0.495 e. The Balaban J connectivity index is 1.84. The first-order valence-electron chi connectivity index (χ1n) is 8.97. The second-order valence-corrected chi connectivity index (χ2v) is 6.67. The molecular formula is C19H26N4O4. The lowest BCUT2D eigenvalue weighted by Gasteiger charge is -2.12. The van der Waals surface area contributed by atoms with Gasteiger partial charge in [-0.05, 0) is 44.4 Å². The number of benzene rings is 1. The topological polar surface area (TPSA) is 109 Å². The van der Waals surface area contributed by atoms with Crippen LogP contribution in [0.5, 0.6) is 5.75 Å². The summed E-state index contributed by atoms with van der Waals surface area (Å²) >= 11 is 0. The maximum absolute atomic E-state index is 12.0. The molecule has 146 valence electrons. The molecule has 8 heteroatoms. The first kappa shape index (κ1) is 20.4. The normalized spacial score (nSPS) is 14.6. The molecule has 0 heterocycles. The summed E-state index contributed by atoms with van der Waals surface area (Å²) in [6.07, 6.45) is 4.34. The molecule has 0 aliphatic heterocycles. The molecule has 1 saturated carbocycles. The fourth-order valence-corrected chi connectivity index (χ4v) is 2.92. The molecule has 1 aliphatic carbocycles. The van der Waals surface area contributed by atoms with Crippen molar-refractivity contribution in [3.63, 3.8) is 0 Å². The van der Waals surface area contributed by atoms with E-state index in [-0.39, 0.29) is 18.4 Å². The van der Waals surface area contributed by atoms with E-state index in [1.54, 1.807) is 19.1 Å². The van der Waals surface area contributed by atoms with Crippen LogP contribution in [0.25, 0.3) is 0 Å². The van der Waals surface area contributed by atoms with Gasteiger partial charge in [-0.25, -0.2) is 5.43 Å². The molecule has 1 fully saturated rings. The number of carbonyl (C=O) groups is 3. The minimum atomic E-state index is -0.922. The lowest BCUT2D eigenvalue weighted by molar-refractivity contribution is -0.136. The summed E-state index contributed by atoms with van der Waals surface area (Å²) in [6, 6.07) is 5.47. The van der Waals surface area contributed by atoms with E-state index < -0.39 is 11.8 Å². The lowest BCUT2D eigenvalue weighted by atomic mass is 10.2. The van der Waals surface area contributed by atoms with Crippen LogP contribution in [0.1, 0.15) is 44.6 Å². The number of nitrogens with zero attached hydrogens (tertiary/aromatic N) is 1. The van der Waals surface area contributed by atoms with Crippen molar-refractivity contribution < 1.29 is 19.1 Å². The van der Waals surface area contributed by atoms with E-state index in [0.717, 1.165) is 31.2 Å². The van der Waals surface area contributed by atoms with Crippen molar-refractivity contribution in [2.45, 2.75) is 52.0 Å². The minimum Gasteiger partial charge on any atom is -0.495 e. The van der Waals surface area contributed by atoms with Crippen molar-refractivity contribution in [1.82, 2.24) is 10.7 Å². The third-order valence-corrected chi connectivity index (χ3v) is 4.29. The van der Waals surface area contributed by atoms with Gasteiger partial charge in [-0.15, -0.1) is 0 Å². The zero-order valence-corrected chi connectivity index (χ0v) is 15.9. The van der Waals surface area contributed by atoms with Crippen LogP contribution in [-0.2, 0) is 14.4 Å². The van der Waals surface area contributed by atoms with Crippen molar-refractivity contribution >= 4 is 29.1 Å². The highest BCUT2D eigenvalue weighted by molar-refractivity contribution is 6.39. The number of methoxy groups -OCH3 is 1. The van der Waals surface area contributed by atoms with Gasteiger partial charge in [0.1, 0.15) is 5.75 Å². The quantitative estimate of drug-likeness (QED) is 0.401. The molecular weight excluding hydrogens is 348 g/mol. The summed E-state index contributed by atoms with van der Waals surface area (Å²) in [7, 11) is 1.48. The van der Waals surface area contributed by atoms with Crippen molar-refractivity contribution in [2.24, 2.45) is 5.10 Å². The molecule has 0 radical (unpaired) electrons. The van der Waals surface area contributed by atoms with Gasteiger partial charge in [-0.1, -0.05) is 18.9 Å². The van der Waals surface area contributed by atoms with Crippen LogP contribution in [0, 0.1) is 6.92 Å². The number of ether oxygens (including phenoxy) is 1. The summed E-state index contributed by atoms with van der Waals surface area (Å²) in [5.74, 6) is -1.48. The molecule has 0 bridgehead atoms. The van der Waals surface area contributed by atoms with Gasteiger partial charge in [0, 0.05) is 11.8 Å². The SMILES string of the molecule is COc1ccc(C)cc1NC(=O)C(=O)N/N=C(/C)CC(=O)NC1CCCC1. The van der Waals surface area contributed by atoms with Crippen LogP contribution in [0.2, 0.25) is 0 Å². The molecule has 8 nitrogen and oxygen atoms in total. The predicted octanol–water partition coefficient (Wildman–Crippen LogP) is 1.88. The third-order valence-electron chi connectivity index (χ3n) is 4.29. The summed E-state index contributed by atoms with van der Waals surface area (Å²) in [5.41, 5.74) is 3.89. The molecule has 0 unspecified atom stereocenters. The van der Waals surface area contributed by atoms with Crippen molar-refractivity contribution in [2.75, 3.05) is 12.4 Å². The molecule has 0 saturated heterocycles. The highest BCUT2D eigenvalue weighted by atomic mass is 16.5. The molecule has 1 aliphatic rings. The highest BCUT2D eigenvalue weighted by Gasteiger charge is 2.18. The number of anilines is 1. The summed E-state index contributed by atoms with van der Waals surface area (Å²) in [6.45, 7) is 3.48. The van der Waals surface area contributed by atoms with Crippen LogP contribution >= 0.6 is 0 Å². The van der Waals surface area contributed by atoms with E-state index in [1.807, 2.05) is 13.0 Å². The number of hydrogen-bond donors (Lipinski definition) is 3. The number of amides is 3. The monoisotopic (exact) mass is 374 g/mol. The molecule has 3 N–H and O–H groups in total. The minimum absolute atomic E-state index is 0.0735. The number of rotatable bonds is 6. The maximum Gasteiger partial charge on any atom is 0.329 e. The Morgan fingerprint density at radius 1 is 1.19 bits per heavy atom. The Morgan fingerprint density at radius 2 is 1.89 bits per heavy atom. The van der Waals surface area contributed by atoms with E-state index in [4.69, 9.17) is 4.74 Å². The first-order valence-corrected chi connectivity index (χ1v) is 8.97. The average Bonchev–Trinajstić information content (AvgIpc) is 3.12. The molecule has 0 atom stereocenters. The van der Waals surface area contributed by atoms with Gasteiger partial charge in [0.15, 0.2) is 0 Å². The zero-order chi connectivity index (χ0) is 19.8. The van der Waals surface area contributed by atoms with Gasteiger partial charge in [-0.3, -0.25) is 14.4 Å².